The van der Waals surface area contributed by atoms with Gasteiger partial charge in [-0.3, -0.25) is 10.1 Å². The number of nitrogens with one attached hydrogen (secondary N) is 1. The molecule has 0 unspecified atom stereocenters. The Morgan fingerprint density at radius 3 is 2.58 bits per heavy atom. The molecule has 98 valence electrons. The van der Waals surface area contributed by atoms with E-state index in [1.807, 2.05) is 0 Å². The van der Waals surface area contributed by atoms with E-state index in [-0.39, 0.29) is 11.7 Å². The van der Waals surface area contributed by atoms with Crippen LogP contribution in [0.15, 0.2) is 30.6 Å². The largest absolute Gasteiger partial charge is 0.434 e. The van der Waals surface area contributed by atoms with E-state index >= 15 is 0 Å². The lowest BCUT2D eigenvalue weighted by Crippen LogP contribution is -2.12. The van der Waals surface area contributed by atoms with Gasteiger partial charge in [-0.05, 0) is 24.3 Å². The first-order chi connectivity index (χ1) is 9.11. The van der Waals surface area contributed by atoms with Crippen LogP contribution in [0, 0.1) is 10.1 Å². The summed E-state index contributed by atoms with van der Waals surface area (Å²) in [6, 6.07) is 6.30. The van der Waals surface area contributed by atoms with Crippen LogP contribution in [0.25, 0.3) is 0 Å². The minimum absolute atomic E-state index is 0.135. The van der Waals surface area contributed by atoms with Gasteiger partial charge < -0.3 is 10.2 Å². The number of nitro groups is 1. The van der Waals surface area contributed by atoms with E-state index in [4.69, 9.17) is 22.2 Å². The van der Waals surface area contributed by atoms with Gasteiger partial charge in [-0.25, -0.2) is 10.8 Å². The average molecular weight is 282 g/mol. The predicted octanol–water partition coefficient (Wildman–Crippen LogP) is 2.12. The van der Waals surface area contributed by atoms with Crippen LogP contribution in [0.2, 0.25) is 5.02 Å². The maximum Gasteiger partial charge on any atom is 0.374 e. The number of halogens is 1. The maximum atomic E-state index is 11.0. The van der Waals surface area contributed by atoms with Gasteiger partial charge in [-0.1, -0.05) is 11.6 Å². The Balaban J connectivity index is 2.39. The third-order valence-corrected chi connectivity index (χ3v) is 2.39. The van der Waals surface area contributed by atoms with Crippen LogP contribution < -0.4 is 16.0 Å². The van der Waals surface area contributed by atoms with Crippen molar-refractivity contribution >= 4 is 23.1 Å². The summed E-state index contributed by atoms with van der Waals surface area (Å²) in [6.45, 7) is 0. The van der Waals surface area contributed by atoms with Gasteiger partial charge >= 0.3 is 11.6 Å². The van der Waals surface area contributed by atoms with E-state index in [2.05, 4.69) is 15.4 Å². The fraction of sp³-hybridized carbons (Fsp3) is 0. The molecular formula is C10H8ClN5O3. The van der Waals surface area contributed by atoms with Gasteiger partial charge in [-0.15, -0.1) is 0 Å². The molecule has 0 amide bonds. The lowest BCUT2D eigenvalue weighted by molar-refractivity contribution is -0.385. The minimum Gasteiger partial charge on any atom is -0.434 e. The maximum absolute atomic E-state index is 11.0. The zero-order chi connectivity index (χ0) is 13.8. The quantitative estimate of drug-likeness (QED) is 0.501. The summed E-state index contributed by atoms with van der Waals surface area (Å²) in [7, 11) is 0. The summed E-state index contributed by atoms with van der Waals surface area (Å²) in [5, 5.41) is 11.5. The highest BCUT2D eigenvalue weighted by molar-refractivity contribution is 6.30. The fourth-order valence-corrected chi connectivity index (χ4v) is 1.45. The van der Waals surface area contributed by atoms with E-state index < -0.39 is 10.6 Å². The van der Waals surface area contributed by atoms with Crippen molar-refractivity contribution in [2.45, 2.75) is 0 Å². The zero-order valence-electron chi connectivity index (χ0n) is 9.41. The van der Waals surface area contributed by atoms with Gasteiger partial charge in [0.1, 0.15) is 12.1 Å². The van der Waals surface area contributed by atoms with Gasteiger partial charge in [0.05, 0.1) is 4.92 Å². The molecule has 0 saturated heterocycles. The predicted molar refractivity (Wildman–Crippen MR) is 68.0 cm³/mol. The fourth-order valence-electron chi connectivity index (χ4n) is 1.32. The molecule has 9 heteroatoms. The second-order valence-electron chi connectivity index (χ2n) is 3.33. The summed E-state index contributed by atoms with van der Waals surface area (Å²) in [5.74, 6) is 5.16. The van der Waals surface area contributed by atoms with Gasteiger partial charge in [0.15, 0.2) is 0 Å². The second kappa shape index (κ2) is 5.46. The molecule has 1 aromatic carbocycles. The Labute approximate surface area is 112 Å². The molecule has 0 aliphatic rings. The Bertz CT molecular complexity index is 605. The minimum atomic E-state index is -0.680. The molecule has 1 heterocycles. The van der Waals surface area contributed by atoms with Crippen molar-refractivity contribution in [3.05, 3.63) is 45.7 Å². The topological polar surface area (TPSA) is 116 Å². The molecule has 0 bridgehead atoms. The molecule has 19 heavy (non-hydrogen) atoms. The van der Waals surface area contributed by atoms with Gasteiger partial charge in [0, 0.05) is 5.02 Å². The van der Waals surface area contributed by atoms with E-state index in [0.29, 0.717) is 10.8 Å². The van der Waals surface area contributed by atoms with E-state index in [0.717, 1.165) is 6.33 Å². The number of aromatic nitrogens is 2. The van der Waals surface area contributed by atoms with Crippen molar-refractivity contribution in [2.24, 2.45) is 5.84 Å². The monoisotopic (exact) mass is 281 g/mol. The first-order valence-electron chi connectivity index (χ1n) is 5.01. The Morgan fingerprint density at radius 1 is 1.32 bits per heavy atom. The van der Waals surface area contributed by atoms with E-state index in [1.54, 1.807) is 24.3 Å². The summed E-state index contributed by atoms with van der Waals surface area (Å²) in [5.41, 5.74) is 1.67. The molecule has 0 saturated carbocycles. The number of hydrazine groups is 1. The first kappa shape index (κ1) is 13.0. The molecule has 3 N–H and O–H groups in total. The zero-order valence-corrected chi connectivity index (χ0v) is 10.2. The SMILES string of the molecule is NNc1ncnc(Oc2ccc(Cl)cc2)c1[N+](=O)[O-]. The molecule has 0 fully saturated rings. The Kier molecular flexibility index (Phi) is 3.74. The van der Waals surface area contributed by atoms with Crippen LogP contribution in [-0.2, 0) is 0 Å². The number of nitrogen functional groups attached to an aromatic ring is 1. The summed E-state index contributed by atoms with van der Waals surface area (Å²) in [6.07, 6.45) is 1.10. The molecule has 0 spiro atoms. The van der Waals surface area contributed by atoms with Crippen LogP contribution in [0.4, 0.5) is 11.5 Å². The van der Waals surface area contributed by atoms with Gasteiger partial charge in [0.2, 0.25) is 5.82 Å². The third kappa shape index (κ3) is 2.87. The molecular weight excluding hydrogens is 274 g/mol. The molecule has 2 aromatic rings. The number of anilines is 1. The number of nitrogens with zero attached hydrogens (tertiary/aromatic N) is 3. The van der Waals surface area contributed by atoms with E-state index in [1.165, 1.54) is 0 Å². The van der Waals surface area contributed by atoms with Gasteiger partial charge in [0.25, 0.3) is 0 Å². The van der Waals surface area contributed by atoms with Crippen LogP contribution in [0.5, 0.6) is 11.6 Å². The second-order valence-corrected chi connectivity index (χ2v) is 3.77. The summed E-state index contributed by atoms with van der Waals surface area (Å²) < 4.78 is 5.32. The van der Waals surface area contributed by atoms with Crippen molar-refractivity contribution in [1.29, 1.82) is 0 Å². The standard InChI is InChI=1S/C10H8ClN5O3/c11-6-1-3-7(4-2-6)19-10-8(16(17)18)9(15-12)13-5-14-10/h1-5H,12H2,(H,13,14,15). The highest BCUT2D eigenvalue weighted by atomic mass is 35.5. The molecule has 1 aromatic heterocycles. The number of hydrogen-bond donors (Lipinski definition) is 2. The van der Waals surface area contributed by atoms with Gasteiger partial charge in [-0.2, -0.15) is 4.98 Å². The number of benzene rings is 1. The highest BCUT2D eigenvalue weighted by Crippen LogP contribution is 2.33. The van der Waals surface area contributed by atoms with Crippen molar-refractivity contribution in [2.75, 3.05) is 5.43 Å². The molecule has 0 aliphatic carbocycles. The average Bonchev–Trinajstić information content (AvgIpc) is 2.40. The lowest BCUT2D eigenvalue weighted by Gasteiger charge is -2.07. The van der Waals surface area contributed by atoms with Crippen LogP contribution in [0.1, 0.15) is 0 Å². The van der Waals surface area contributed by atoms with E-state index in [9.17, 15) is 10.1 Å². The molecule has 2 rings (SSSR count). The van der Waals surface area contributed by atoms with Crippen molar-refractivity contribution < 1.29 is 9.66 Å². The van der Waals surface area contributed by atoms with Crippen molar-refractivity contribution in [3.63, 3.8) is 0 Å². The third-order valence-electron chi connectivity index (χ3n) is 2.14. The molecule has 0 radical (unpaired) electrons. The normalized spacial score (nSPS) is 10.0. The first-order valence-corrected chi connectivity index (χ1v) is 5.39. The Hall–Kier alpha value is -2.45. The van der Waals surface area contributed by atoms with Crippen LogP contribution >= 0.6 is 11.6 Å². The van der Waals surface area contributed by atoms with Crippen molar-refractivity contribution in [1.82, 2.24) is 9.97 Å². The molecule has 8 nitrogen and oxygen atoms in total. The van der Waals surface area contributed by atoms with Crippen LogP contribution in [-0.4, -0.2) is 14.9 Å². The number of hydrogen-bond acceptors (Lipinski definition) is 7. The Morgan fingerprint density at radius 2 is 2.00 bits per heavy atom. The van der Waals surface area contributed by atoms with Crippen molar-refractivity contribution in [3.8, 4) is 11.6 Å². The molecule has 0 aliphatic heterocycles. The molecule has 0 atom stereocenters. The summed E-state index contributed by atoms with van der Waals surface area (Å²) >= 11 is 5.73. The van der Waals surface area contributed by atoms with Crippen LogP contribution in [0.3, 0.4) is 0 Å². The number of nitrogens with two attached hydrogens (primary N) is 1. The highest BCUT2D eigenvalue weighted by Gasteiger charge is 2.24. The number of rotatable bonds is 4. The number of ether oxygens (including phenoxy) is 1. The lowest BCUT2D eigenvalue weighted by atomic mass is 10.3. The smallest absolute Gasteiger partial charge is 0.374 e. The summed E-state index contributed by atoms with van der Waals surface area (Å²) in [4.78, 5) is 17.7.